The van der Waals surface area contributed by atoms with Gasteiger partial charge in [-0.2, -0.15) is 0 Å². The molecule has 0 saturated heterocycles. The van der Waals surface area contributed by atoms with Crippen molar-refractivity contribution in [2.45, 2.75) is 45.7 Å². The van der Waals surface area contributed by atoms with E-state index in [1.54, 1.807) is 6.08 Å². The molecule has 18 heavy (non-hydrogen) atoms. The molecule has 0 aromatic rings. The minimum absolute atomic E-state index is 0.228. The second kappa shape index (κ2) is 7.11. The van der Waals surface area contributed by atoms with Gasteiger partial charge < -0.3 is 13.6 Å². The lowest BCUT2D eigenvalue weighted by atomic mass is 10.3. The van der Waals surface area contributed by atoms with Crippen LogP contribution in [0.2, 0.25) is 39.3 Å². The highest BCUT2D eigenvalue weighted by Crippen LogP contribution is 2.14. The van der Waals surface area contributed by atoms with E-state index >= 15 is 0 Å². The van der Waals surface area contributed by atoms with Gasteiger partial charge in [-0.15, -0.1) is 0 Å². The molecule has 0 aliphatic carbocycles. The van der Waals surface area contributed by atoms with Crippen molar-refractivity contribution >= 4 is 22.6 Å². The van der Waals surface area contributed by atoms with E-state index in [0.29, 0.717) is 6.61 Å². The predicted molar refractivity (Wildman–Crippen MR) is 78.4 cm³/mol. The quantitative estimate of drug-likeness (QED) is 0.410. The lowest BCUT2D eigenvalue weighted by Crippen LogP contribution is -2.30. The van der Waals surface area contributed by atoms with Crippen LogP contribution in [0.15, 0.2) is 11.8 Å². The number of esters is 1. The molecule has 106 valence electrons. The van der Waals surface area contributed by atoms with Crippen LogP contribution >= 0.6 is 0 Å². The number of carbonyl (C=O) groups excluding carboxylic acids is 1. The molecule has 0 N–H and O–H groups in total. The number of hydrogen-bond acceptors (Lipinski definition) is 4. The average molecular weight is 291 g/mol. The van der Waals surface area contributed by atoms with Crippen LogP contribution in [0.5, 0.6) is 0 Å². The Kier molecular flexibility index (Phi) is 6.87. The first-order valence-corrected chi connectivity index (χ1v) is 12.9. The van der Waals surface area contributed by atoms with E-state index in [0.717, 1.165) is 5.76 Å². The number of ether oxygens (including phenoxy) is 1. The smallest absolute Gasteiger partial charge is 0.309 e. The van der Waals surface area contributed by atoms with E-state index < -0.39 is 16.6 Å². The van der Waals surface area contributed by atoms with E-state index in [9.17, 15) is 4.79 Å². The molecule has 0 fully saturated rings. The molecular formula is C12H26O4Si2. The summed E-state index contributed by atoms with van der Waals surface area (Å²) in [6.45, 7) is 13.1. The van der Waals surface area contributed by atoms with Crippen molar-refractivity contribution in [2.24, 2.45) is 0 Å². The molecule has 0 aromatic carbocycles. The Labute approximate surface area is 113 Å². The molecule has 6 heteroatoms. The molecule has 0 atom stereocenters. The summed E-state index contributed by atoms with van der Waals surface area (Å²) in [4.78, 5) is 11.1. The van der Waals surface area contributed by atoms with E-state index in [-0.39, 0.29) is 12.4 Å². The van der Waals surface area contributed by atoms with E-state index in [2.05, 4.69) is 44.0 Å². The zero-order valence-corrected chi connectivity index (χ0v) is 14.6. The van der Waals surface area contributed by atoms with Gasteiger partial charge in [0.25, 0.3) is 0 Å². The third-order valence-electron chi connectivity index (χ3n) is 1.81. The Morgan fingerprint density at radius 2 is 1.61 bits per heavy atom. The highest BCUT2D eigenvalue weighted by atomic mass is 28.4. The second-order valence-corrected chi connectivity index (χ2v) is 15.0. The van der Waals surface area contributed by atoms with Crippen molar-refractivity contribution in [3.8, 4) is 0 Å². The first-order valence-electron chi connectivity index (χ1n) is 6.12. The van der Waals surface area contributed by atoms with Crippen LogP contribution in [-0.4, -0.2) is 36.3 Å². The lowest BCUT2D eigenvalue weighted by Gasteiger charge is -2.25. The van der Waals surface area contributed by atoms with Gasteiger partial charge in [0.05, 0.1) is 20.1 Å². The van der Waals surface area contributed by atoms with Gasteiger partial charge >= 0.3 is 5.97 Å². The van der Waals surface area contributed by atoms with Gasteiger partial charge in [-0.25, -0.2) is 0 Å². The molecule has 0 bridgehead atoms. The Morgan fingerprint density at radius 3 is 2.00 bits per heavy atom. The number of hydrogen-bond donors (Lipinski definition) is 0. The SMILES string of the molecule is COC(=O)C/C=C(/CO[Si](C)(C)C)O[Si](C)(C)C. The number of methoxy groups -OCH3 is 1. The molecule has 0 spiro atoms. The van der Waals surface area contributed by atoms with Gasteiger partial charge in [-0.3, -0.25) is 4.79 Å². The summed E-state index contributed by atoms with van der Waals surface area (Å²) in [5.74, 6) is 0.488. The molecule has 0 amide bonds. The van der Waals surface area contributed by atoms with E-state index in [1.807, 2.05) is 0 Å². The molecule has 0 rings (SSSR count). The normalized spacial score (nSPS) is 13.4. The van der Waals surface area contributed by atoms with Crippen molar-refractivity contribution in [1.82, 2.24) is 0 Å². The average Bonchev–Trinajstić information content (AvgIpc) is 2.18. The standard InChI is InChI=1S/C12H26O4Si2/c1-14-12(13)9-8-11(16-18(5,6)7)10-15-17(2,3)4/h8H,9-10H2,1-7H3/b11-8-. The van der Waals surface area contributed by atoms with Gasteiger partial charge in [-0.05, 0) is 45.4 Å². The zero-order chi connectivity index (χ0) is 14.4. The maximum atomic E-state index is 11.1. The fourth-order valence-corrected chi connectivity index (χ4v) is 2.60. The zero-order valence-electron chi connectivity index (χ0n) is 12.6. The number of rotatable bonds is 7. The van der Waals surface area contributed by atoms with Crippen molar-refractivity contribution in [1.29, 1.82) is 0 Å². The summed E-state index contributed by atoms with van der Waals surface area (Å²) in [5, 5.41) is 0. The Hall–Kier alpha value is -0.596. The molecule has 0 aromatic heterocycles. The monoisotopic (exact) mass is 290 g/mol. The fourth-order valence-electron chi connectivity index (χ4n) is 1.09. The third kappa shape index (κ3) is 10.6. The molecular weight excluding hydrogens is 264 g/mol. The maximum Gasteiger partial charge on any atom is 0.309 e. The summed E-state index contributed by atoms with van der Waals surface area (Å²) in [7, 11) is -1.88. The van der Waals surface area contributed by atoms with Crippen LogP contribution in [0.3, 0.4) is 0 Å². The first kappa shape index (κ1) is 17.4. The summed E-state index contributed by atoms with van der Waals surface area (Å²) in [6, 6.07) is 0. The molecule has 0 radical (unpaired) electrons. The summed E-state index contributed by atoms with van der Waals surface area (Å²) < 4.78 is 16.4. The predicted octanol–water partition coefficient (Wildman–Crippen LogP) is 3.14. The molecule has 4 nitrogen and oxygen atoms in total. The minimum atomic E-state index is -1.68. The molecule has 0 heterocycles. The van der Waals surface area contributed by atoms with Gasteiger partial charge in [0.2, 0.25) is 8.32 Å². The van der Waals surface area contributed by atoms with Gasteiger partial charge in [0.15, 0.2) is 8.32 Å². The first-order chi connectivity index (χ1) is 8.03. The largest absolute Gasteiger partial charge is 0.546 e. The number of carbonyl (C=O) groups is 1. The molecule has 0 saturated carbocycles. The summed E-state index contributed by atoms with van der Waals surface area (Å²) in [6.07, 6.45) is 2.00. The Bertz CT molecular complexity index is 300. The van der Waals surface area contributed by atoms with Crippen LogP contribution in [0.1, 0.15) is 6.42 Å². The summed E-state index contributed by atoms with van der Waals surface area (Å²) >= 11 is 0. The Balaban J connectivity index is 4.57. The highest BCUT2D eigenvalue weighted by Gasteiger charge is 2.20. The molecule has 0 aliphatic heterocycles. The summed E-state index contributed by atoms with van der Waals surface area (Å²) in [5.41, 5.74) is 0. The minimum Gasteiger partial charge on any atom is -0.546 e. The van der Waals surface area contributed by atoms with Crippen LogP contribution in [0.4, 0.5) is 0 Å². The lowest BCUT2D eigenvalue weighted by molar-refractivity contribution is -0.139. The van der Waals surface area contributed by atoms with E-state index in [1.165, 1.54) is 7.11 Å². The Morgan fingerprint density at radius 1 is 1.06 bits per heavy atom. The maximum absolute atomic E-state index is 11.1. The van der Waals surface area contributed by atoms with Crippen molar-refractivity contribution in [3.05, 3.63) is 11.8 Å². The highest BCUT2D eigenvalue weighted by molar-refractivity contribution is 6.70. The van der Waals surface area contributed by atoms with Crippen molar-refractivity contribution in [2.75, 3.05) is 13.7 Å². The molecule has 0 aliphatic rings. The van der Waals surface area contributed by atoms with Gasteiger partial charge in [0.1, 0.15) is 5.76 Å². The van der Waals surface area contributed by atoms with Crippen LogP contribution in [0.25, 0.3) is 0 Å². The van der Waals surface area contributed by atoms with Crippen LogP contribution in [-0.2, 0) is 18.4 Å². The second-order valence-electron chi connectivity index (χ2n) is 6.07. The third-order valence-corrected chi connectivity index (χ3v) is 3.69. The van der Waals surface area contributed by atoms with Gasteiger partial charge in [-0.1, -0.05) is 0 Å². The van der Waals surface area contributed by atoms with E-state index in [4.69, 9.17) is 8.85 Å². The molecule has 0 unspecified atom stereocenters. The van der Waals surface area contributed by atoms with Crippen LogP contribution in [0, 0.1) is 0 Å². The van der Waals surface area contributed by atoms with Crippen LogP contribution < -0.4 is 0 Å². The van der Waals surface area contributed by atoms with Gasteiger partial charge in [0, 0.05) is 0 Å². The van der Waals surface area contributed by atoms with Crippen molar-refractivity contribution in [3.63, 3.8) is 0 Å². The fraction of sp³-hybridized carbons (Fsp3) is 0.750. The topological polar surface area (TPSA) is 44.8 Å². The van der Waals surface area contributed by atoms with Crippen molar-refractivity contribution < 1.29 is 18.4 Å².